The van der Waals surface area contributed by atoms with Crippen molar-refractivity contribution in [3.05, 3.63) is 23.7 Å². The summed E-state index contributed by atoms with van der Waals surface area (Å²) in [5, 5.41) is 1.07. The molecular formula is C10H16BrNO. The van der Waals surface area contributed by atoms with Gasteiger partial charge in [0.1, 0.15) is 5.76 Å². The van der Waals surface area contributed by atoms with Crippen LogP contribution < -0.4 is 0 Å². The van der Waals surface area contributed by atoms with Gasteiger partial charge in [-0.25, -0.2) is 0 Å². The highest BCUT2D eigenvalue weighted by molar-refractivity contribution is 9.09. The van der Waals surface area contributed by atoms with Gasteiger partial charge in [0, 0.05) is 17.4 Å². The summed E-state index contributed by atoms with van der Waals surface area (Å²) in [6.07, 6.45) is 2.94. The Kier molecular flexibility index (Phi) is 4.53. The molecule has 0 saturated heterocycles. The van der Waals surface area contributed by atoms with E-state index in [2.05, 4.69) is 27.9 Å². The zero-order chi connectivity index (χ0) is 9.68. The van der Waals surface area contributed by atoms with Crippen molar-refractivity contribution in [3.8, 4) is 0 Å². The molecule has 0 amide bonds. The second-order valence-electron chi connectivity index (χ2n) is 3.28. The van der Waals surface area contributed by atoms with Gasteiger partial charge in [0.25, 0.3) is 0 Å². The van der Waals surface area contributed by atoms with E-state index < -0.39 is 0 Å². The highest BCUT2D eigenvalue weighted by atomic mass is 79.9. The smallest absolute Gasteiger partial charge is 0.105 e. The summed E-state index contributed by atoms with van der Waals surface area (Å²) in [5.74, 6) is 1.03. The molecule has 0 aliphatic heterocycles. The fourth-order valence-electron chi connectivity index (χ4n) is 1.27. The van der Waals surface area contributed by atoms with E-state index in [1.165, 1.54) is 12.0 Å². The maximum atomic E-state index is 5.23. The summed E-state index contributed by atoms with van der Waals surface area (Å²) in [6.45, 7) is 4.11. The lowest BCUT2D eigenvalue weighted by atomic mass is 10.2. The van der Waals surface area contributed by atoms with Gasteiger partial charge in [-0.2, -0.15) is 0 Å². The molecule has 74 valence electrons. The molecule has 1 aromatic rings. The Bertz CT molecular complexity index is 247. The van der Waals surface area contributed by atoms with Crippen molar-refractivity contribution in [1.29, 1.82) is 0 Å². The molecule has 1 aromatic heterocycles. The molecule has 0 fully saturated rings. The predicted molar refractivity (Wildman–Crippen MR) is 58.2 cm³/mol. The van der Waals surface area contributed by atoms with Gasteiger partial charge >= 0.3 is 0 Å². The number of furan rings is 1. The first-order valence-corrected chi connectivity index (χ1v) is 5.63. The Balaban J connectivity index is 2.36. The standard InChI is InChI=1S/C10H16BrNO/c1-9-10(4-7-13-9)8-12(2)6-3-5-11/h4,7H,3,5-6,8H2,1-2H3. The molecular weight excluding hydrogens is 230 g/mol. The van der Waals surface area contributed by atoms with E-state index in [1.54, 1.807) is 6.26 Å². The Hall–Kier alpha value is -0.280. The fraction of sp³-hybridized carbons (Fsp3) is 0.600. The lowest BCUT2D eigenvalue weighted by molar-refractivity contribution is 0.326. The largest absolute Gasteiger partial charge is 0.469 e. The van der Waals surface area contributed by atoms with Crippen LogP contribution in [-0.2, 0) is 6.54 Å². The zero-order valence-corrected chi connectivity index (χ0v) is 9.80. The van der Waals surface area contributed by atoms with Gasteiger partial charge in [-0.1, -0.05) is 15.9 Å². The van der Waals surface area contributed by atoms with Crippen LogP contribution in [0.4, 0.5) is 0 Å². The molecule has 1 heterocycles. The zero-order valence-electron chi connectivity index (χ0n) is 8.22. The Morgan fingerprint density at radius 2 is 2.31 bits per heavy atom. The third kappa shape index (κ3) is 3.53. The van der Waals surface area contributed by atoms with Crippen molar-refractivity contribution in [1.82, 2.24) is 4.90 Å². The third-order valence-corrected chi connectivity index (χ3v) is 2.64. The summed E-state index contributed by atoms with van der Waals surface area (Å²) in [7, 11) is 2.13. The Labute approximate surface area is 88.0 Å². The molecule has 13 heavy (non-hydrogen) atoms. The van der Waals surface area contributed by atoms with Crippen molar-refractivity contribution in [2.24, 2.45) is 0 Å². The molecule has 0 atom stereocenters. The number of nitrogens with zero attached hydrogens (tertiary/aromatic N) is 1. The van der Waals surface area contributed by atoms with Crippen LogP contribution in [0.3, 0.4) is 0 Å². The molecule has 0 aliphatic carbocycles. The van der Waals surface area contributed by atoms with Crippen LogP contribution in [0.5, 0.6) is 0 Å². The van der Waals surface area contributed by atoms with Gasteiger partial charge in [0.15, 0.2) is 0 Å². The first kappa shape index (κ1) is 10.8. The average molecular weight is 246 g/mol. The Morgan fingerprint density at radius 3 is 2.85 bits per heavy atom. The van der Waals surface area contributed by atoms with Crippen LogP contribution in [0.1, 0.15) is 17.7 Å². The van der Waals surface area contributed by atoms with Crippen LogP contribution >= 0.6 is 15.9 Å². The Morgan fingerprint density at radius 1 is 1.54 bits per heavy atom. The molecule has 0 spiro atoms. The number of hydrogen-bond donors (Lipinski definition) is 0. The molecule has 3 heteroatoms. The third-order valence-electron chi connectivity index (χ3n) is 2.08. The predicted octanol–water partition coefficient (Wildman–Crippen LogP) is 2.80. The molecule has 1 rings (SSSR count). The first-order valence-electron chi connectivity index (χ1n) is 4.51. The SMILES string of the molecule is Cc1occc1CN(C)CCCBr. The molecule has 0 bridgehead atoms. The van der Waals surface area contributed by atoms with E-state index in [-0.39, 0.29) is 0 Å². The molecule has 0 unspecified atom stereocenters. The highest BCUT2D eigenvalue weighted by Gasteiger charge is 2.04. The van der Waals surface area contributed by atoms with Crippen LogP contribution in [0, 0.1) is 6.92 Å². The van der Waals surface area contributed by atoms with Gasteiger partial charge in [0.2, 0.25) is 0 Å². The minimum Gasteiger partial charge on any atom is -0.469 e. The van der Waals surface area contributed by atoms with Gasteiger partial charge in [-0.05, 0) is 33.0 Å². The minimum absolute atomic E-state index is 0.981. The lowest BCUT2D eigenvalue weighted by Gasteiger charge is -2.14. The summed E-state index contributed by atoms with van der Waals surface area (Å²) < 4.78 is 5.23. The average Bonchev–Trinajstić information content (AvgIpc) is 2.48. The van der Waals surface area contributed by atoms with E-state index in [1.807, 2.05) is 13.0 Å². The van der Waals surface area contributed by atoms with E-state index >= 15 is 0 Å². The summed E-state index contributed by atoms with van der Waals surface area (Å²) in [5.41, 5.74) is 1.29. The minimum atomic E-state index is 0.981. The molecule has 0 aromatic carbocycles. The van der Waals surface area contributed by atoms with Crippen LogP contribution in [0.25, 0.3) is 0 Å². The van der Waals surface area contributed by atoms with Crippen LogP contribution in [0.2, 0.25) is 0 Å². The van der Waals surface area contributed by atoms with Crippen molar-refractivity contribution >= 4 is 15.9 Å². The van der Waals surface area contributed by atoms with Crippen molar-refractivity contribution in [3.63, 3.8) is 0 Å². The first-order chi connectivity index (χ1) is 6.24. The number of alkyl halides is 1. The molecule has 2 nitrogen and oxygen atoms in total. The summed E-state index contributed by atoms with van der Waals surface area (Å²) in [4.78, 5) is 2.30. The normalized spacial score (nSPS) is 11.1. The second-order valence-corrected chi connectivity index (χ2v) is 4.08. The quantitative estimate of drug-likeness (QED) is 0.743. The van der Waals surface area contributed by atoms with E-state index in [0.29, 0.717) is 0 Å². The summed E-state index contributed by atoms with van der Waals surface area (Å²) in [6, 6.07) is 2.04. The molecule has 0 aliphatic rings. The topological polar surface area (TPSA) is 16.4 Å². The molecule has 0 N–H and O–H groups in total. The number of halogens is 1. The maximum Gasteiger partial charge on any atom is 0.105 e. The number of rotatable bonds is 5. The highest BCUT2D eigenvalue weighted by Crippen LogP contribution is 2.10. The van der Waals surface area contributed by atoms with Crippen molar-refractivity contribution in [2.45, 2.75) is 19.9 Å². The van der Waals surface area contributed by atoms with Crippen molar-refractivity contribution < 1.29 is 4.42 Å². The second kappa shape index (κ2) is 5.45. The van der Waals surface area contributed by atoms with Gasteiger partial charge in [-0.15, -0.1) is 0 Å². The number of aryl methyl sites for hydroxylation is 1. The lowest BCUT2D eigenvalue weighted by Crippen LogP contribution is -2.19. The van der Waals surface area contributed by atoms with Gasteiger partial charge < -0.3 is 9.32 Å². The maximum absolute atomic E-state index is 5.23. The number of hydrogen-bond acceptors (Lipinski definition) is 2. The summed E-state index contributed by atoms with van der Waals surface area (Å²) >= 11 is 3.43. The fourth-order valence-corrected chi connectivity index (χ4v) is 1.53. The van der Waals surface area contributed by atoms with E-state index in [0.717, 1.165) is 24.2 Å². The van der Waals surface area contributed by atoms with Crippen LogP contribution in [0.15, 0.2) is 16.7 Å². The monoisotopic (exact) mass is 245 g/mol. The molecule has 0 saturated carbocycles. The van der Waals surface area contributed by atoms with Gasteiger partial charge in [-0.3, -0.25) is 0 Å². The van der Waals surface area contributed by atoms with Gasteiger partial charge in [0.05, 0.1) is 6.26 Å². The van der Waals surface area contributed by atoms with E-state index in [4.69, 9.17) is 4.42 Å². The van der Waals surface area contributed by atoms with E-state index in [9.17, 15) is 0 Å². The molecule has 0 radical (unpaired) electrons. The van der Waals surface area contributed by atoms with Crippen molar-refractivity contribution in [2.75, 3.05) is 18.9 Å². The van der Waals surface area contributed by atoms with Crippen LogP contribution in [-0.4, -0.2) is 23.8 Å².